The maximum atomic E-state index is 6.17. The van der Waals surface area contributed by atoms with Gasteiger partial charge in [0, 0.05) is 5.56 Å². The zero-order valence-corrected chi connectivity index (χ0v) is 14.3. The van der Waals surface area contributed by atoms with Crippen molar-refractivity contribution in [2.45, 2.75) is 13.2 Å². The lowest BCUT2D eigenvalue weighted by atomic mass is 10.2. The molecule has 22 heavy (non-hydrogen) atoms. The molecule has 7 heteroatoms. The molecule has 0 amide bonds. The summed E-state index contributed by atoms with van der Waals surface area (Å²) < 4.78 is 7.29. The predicted molar refractivity (Wildman–Crippen MR) is 90.7 cm³/mol. The molecule has 0 saturated heterocycles. The van der Waals surface area contributed by atoms with Crippen molar-refractivity contribution in [1.82, 2.24) is 9.78 Å². The Morgan fingerprint density at radius 1 is 1.36 bits per heavy atom. The Balaban J connectivity index is 1.78. The molecule has 0 aliphatic carbocycles. The van der Waals surface area contributed by atoms with Crippen LogP contribution in [0.4, 0.5) is 0 Å². The number of rotatable bonds is 5. The molecule has 0 spiro atoms. The zero-order chi connectivity index (χ0) is 15.5. The Bertz CT molecular complexity index is 810. The number of benzene rings is 1. The van der Waals surface area contributed by atoms with Crippen LogP contribution in [0.25, 0.3) is 11.5 Å². The van der Waals surface area contributed by atoms with Gasteiger partial charge in [-0.3, -0.25) is 0 Å². The van der Waals surface area contributed by atoms with E-state index >= 15 is 0 Å². The third-order valence-electron chi connectivity index (χ3n) is 3.22. The highest BCUT2D eigenvalue weighted by Gasteiger charge is 2.14. The Morgan fingerprint density at radius 3 is 2.91 bits per heavy atom. The highest BCUT2D eigenvalue weighted by molar-refractivity contribution is 7.71. The summed E-state index contributed by atoms with van der Waals surface area (Å²) in [5, 5.41) is 9.29. The largest absolute Gasteiger partial charge is 0.409 e. The van der Waals surface area contributed by atoms with Crippen LogP contribution >= 0.6 is 35.2 Å². The van der Waals surface area contributed by atoms with E-state index in [4.69, 9.17) is 28.2 Å². The molecule has 1 atom stereocenters. The Hall–Kier alpha value is -1.47. The quantitative estimate of drug-likeness (QED) is 0.716. The average molecular weight is 353 g/mol. The second-order valence-corrected chi connectivity index (χ2v) is 6.61. The van der Waals surface area contributed by atoms with Crippen LogP contribution in [0.15, 0.2) is 45.5 Å². The van der Waals surface area contributed by atoms with E-state index in [9.17, 15) is 0 Å². The monoisotopic (exact) mass is 352 g/mol. The summed E-state index contributed by atoms with van der Waals surface area (Å²) in [5.41, 5.74) is 2.06. The van der Waals surface area contributed by atoms with Gasteiger partial charge in [-0.15, -0.1) is 5.10 Å². The molecule has 3 rings (SSSR count). The molecule has 1 unspecified atom stereocenters. The smallest absolute Gasteiger partial charge is 0.292 e. The number of aromatic nitrogens is 2. The number of nitrogens with zero attached hydrogens (tertiary/aromatic N) is 2. The van der Waals surface area contributed by atoms with Gasteiger partial charge in [0.1, 0.15) is 6.54 Å². The van der Waals surface area contributed by atoms with Gasteiger partial charge in [-0.25, -0.2) is 0 Å². The van der Waals surface area contributed by atoms with Crippen molar-refractivity contribution >= 4 is 35.2 Å². The number of hydrogen-bond acceptors (Lipinski definition) is 4. The summed E-state index contributed by atoms with van der Waals surface area (Å²) in [7, 11) is 2.10. The number of hydrogen-bond donors (Lipinski definition) is 1. The Kier molecular flexibility index (Phi) is 4.73. The van der Waals surface area contributed by atoms with Crippen LogP contribution in [-0.2, 0) is 13.2 Å². The molecule has 4 nitrogen and oxygen atoms in total. The molecule has 2 aromatic heterocycles. The van der Waals surface area contributed by atoms with Crippen LogP contribution in [0.2, 0.25) is 5.02 Å². The fraction of sp³-hybridized carbons (Fsp3) is 0.200. The van der Waals surface area contributed by atoms with Gasteiger partial charge >= 0.3 is 0 Å². The average Bonchev–Trinajstić information content (AvgIpc) is 3.10. The Morgan fingerprint density at radius 2 is 2.18 bits per heavy atom. The molecule has 0 aliphatic heterocycles. The minimum absolute atomic E-state index is 0.361. The van der Waals surface area contributed by atoms with Crippen molar-refractivity contribution in [3.63, 3.8) is 0 Å². The van der Waals surface area contributed by atoms with E-state index in [0.29, 0.717) is 22.4 Å². The van der Waals surface area contributed by atoms with Crippen molar-refractivity contribution in [2.75, 3.05) is 7.05 Å². The van der Waals surface area contributed by atoms with E-state index in [1.807, 2.05) is 24.3 Å². The van der Waals surface area contributed by atoms with Crippen LogP contribution in [0.3, 0.4) is 0 Å². The predicted octanol–water partition coefficient (Wildman–Crippen LogP) is 3.26. The zero-order valence-electron chi connectivity index (χ0n) is 12.0. The maximum Gasteiger partial charge on any atom is 0.292 e. The van der Waals surface area contributed by atoms with Crippen LogP contribution < -0.4 is 4.90 Å². The summed E-state index contributed by atoms with van der Waals surface area (Å²) in [6, 6.07) is 9.58. The maximum absolute atomic E-state index is 6.17. The van der Waals surface area contributed by atoms with Crippen molar-refractivity contribution in [3.8, 4) is 11.5 Å². The van der Waals surface area contributed by atoms with Gasteiger partial charge in [-0.05, 0) is 41.2 Å². The van der Waals surface area contributed by atoms with E-state index in [1.165, 1.54) is 10.5 Å². The van der Waals surface area contributed by atoms with Crippen molar-refractivity contribution < 1.29 is 9.32 Å². The van der Waals surface area contributed by atoms with E-state index in [1.54, 1.807) is 16.0 Å². The van der Waals surface area contributed by atoms with E-state index < -0.39 is 0 Å². The minimum atomic E-state index is 0.361. The van der Waals surface area contributed by atoms with Gasteiger partial charge in [0.2, 0.25) is 5.89 Å². The van der Waals surface area contributed by atoms with Gasteiger partial charge in [0.05, 0.1) is 17.6 Å². The normalized spacial score (nSPS) is 12.5. The first kappa shape index (κ1) is 15.4. The first-order valence-electron chi connectivity index (χ1n) is 6.78. The minimum Gasteiger partial charge on any atom is -0.409 e. The van der Waals surface area contributed by atoms with Crippen LogP contribution in [-0.4, -0.2) is 16.8 Å². The fourth-order valence-corrected chi connectivity index (χ4v) is 3.27. The van der Waals surface area contributed by atoms with E-state index in [-0.39, 0.29) is 0 Å². The van der Waals surface area contributed by atoms with Crippen molar-refractivity contribution in [3.05, 3.63) is 56.5 Å². The number of halogens is 1. The van der Waals surface area contributed by atoms with Gasteiger partial charge in [0.15, 0.2) is 6.67 Å². The molecule has 1 aromatic carbocycles. The fourth-order valence-electron chi connectivity index (χ4n) is 2.20. The second-order valence-electron chi connectivity index (χ2n) is 5.08. The van der Waals surface area contributed by atoms with Crippen LogP contribution in [0, 0.1) is 4.84 Å². The topological polar surface area (TPSA) is 35.4 Å². The van der Waals surface area contributed by atoms with Gasteiger partial charge in [-0.2, -0.15) is 16.0 Å². The third-order valence-corrected chi connectivity index (χ3v) is 4.57. The summed E-state index contributed by atoms with van der Waals surface area (Å²) in [4.78, 5) is 1.63. The highest BCUT2D eigenvalue weighted by Crippen LogP contribution is 2.25. The molecule has 0 saturated carbocycles. The molecule has 0 fully saturated rings. The van der Waals surface area contributed by atoms with Crippen LogP contribution in [0.1, 0.15) is 5.56 Å². The van der Waals surface area contributed by atoms with E-state index in [0.717, 1.165) is 12.1 Å². The summed E-state index contributed by atoms with van der Waals surface area (Å²) in [5.74, 6) is 0.457. The van der Waals surface area contributed by atoms with Crippen molar-refractivity contribution in [1.29, 1.82) is 0 Å². The molecule has 0 bridgehead atoms. The molecule has 1 N–H and O–H groups in total. The molecule has 3 aromatic rings. The van der Waals surface area contributed by atoms with E-state index in [2.05, 4.69) is 29.0 Å². The summed E-state index contributed by atoms with van der Waals surface area (Å²) in [6.07, 6.45) is 0. The summed E-state index contributed by atoms with van der Waals surface area (Å²) in [6.45, 7) is 1.56. The molecule has 2 heterocycles. The molecular weight excluding hydrogens is 338 g/mol. The Labute approximate surface area is 142 Å². The van der Waals surface area contributed by atoms with Gasteiger partial charge < -0.3 is 9.32 Å². The number of thiophene rings is 1. The first-order chi connectivity index (χ1) is 10.6. The highest BCUT2D eigenvalue weighted by atomic mass is 35.5. The second kappa shape index (κ2) is 6.75. The first-order valence-corrected chi connectivity index (χ1v) is 8.51. The van der Waals surface area contributed by atoms with Gasteiger partial charge in [0.25, 0.3) is 4.84 Å². The molecule has 114 valence electrons. The lowest BCUT2D eigenvalue weighted by molar-refractivity contribution is -0.917. The van der Waals surface area contributed by atoms with Crippen LogP contribution in [0.5, 0.6) is 0 Å². The number of nitrogens with one attached hydrogen (secondary N) is 1. The summed E-state index contributed by atoms with van der Waals surface area (Å²) >= 11 is 13.1. The number of quaternary nitrogens is 1. The third kappa shape index (κ3) is 3.47. The molecule has 0 radical (unpaired) electrons. The van der Waals surface area contributed by atoms with Crippen molar-refractivity contribution in [2.24, 2.45) is 0 Å². The molecule has 0 aliphatic rings. The molecular formula is C15H15ClN3OS2+. The SMILES string of the molecule is C[NH+](Cc1ccsc1)Cn1nc(-c2ccccc2Cl)oc1=S. The lowest BCUT2D eigenvalue weighted by Crippen LogP contribution is -3.06. The standard InChI is InChI=1S/C15H14ClN3OS2/c1-18(8-11-6-7-22-9-11)10-19-15(21)20-14(17-19)12-4-2-3-5-13(12)16/h2-7,9H,8,10H2,1H3/p+1. The lowest BCUT2D eigenvalue weighted by Gasteiger charge is -2.11. The van der Waals surface area contributed by atoms with Gasteiger partial charge in [-0.1, -0.05) is 23.7 Å².